The molecule has 1 unspecified atom stereocenters. The highest BCUT2D eigenvalue weighted by Crippen LogP contribution is 2.73. The molecule has 0 aliphatic carbocycles. The minimum absolute atomic E-state index is 0.357. The zero-order valence-corrected chi connectivity index (χ0v) is 18.5. The molecule has 0 N–H and O–H groups in total. The highest BCUT2D eigenvalue weighted by atomic mass is 32.3. The Morgan fingerprint density at radius 3 is 1.97 bits per heavy atom. The molecule has 2 heterocycles. The van der Waals surface area contributed by atoms with Gasteiger partial charge in [0.2, 0.25) is 0 Å². The fraction of sp³-hybridized carbons (Fsp3) is 0.280. The zero-order chi connectivity index (χ0) is 20.4. The minimum Gasteiger partial charge on any atom is -0.399 e. The van der Waals surface area contributed by atoms with E-state index in [1.54, 1.807) is 0 Å². The number of hydrogen-bond acceptors (Lipinski definition) is 2. The van der Waals surface area contributed by atoms with Crippen LogP contribution < -0.4 is 5.46 Å². The van der Waals surface area contributed by atoms with Crippen molar-refractivity contribution in [3.63, 3.8) is 0 Å². The first-order valence-corrected chi connectivity index (χ1v) is 12.2. The summed E-state index contributed by atoms with van der Waals surface area (Å²) in [5.41, 5.74) is 3.10. The molecule has 1 saturated heterocycles. The third-order valence-electron chi connectivity index (χ3n) is 6.79. The van der Waals surface area contributed by atoms with Gasteiger partial charge in [0, 0.05) is 9.79 Å². The highest BCUT2D eigenvalue weighted by molar-refractivity contribution is 8.33. The highest BCUT2D eigenvalue weighted by Gasteiger charge is 2.53. The van der Waals surface area contributed by atoms with E-state index in [9.17, 15) is 0 Å². The van der Waals surface area contributed by atoms with Crippen molar-refractivity contribution < 1.29 is 9.31 Å². The van der Waals surface area contributed by atoms with E-state index in [-0.39, 0.29) is 18.3 Å². The van der Waals surface area contributed by atoms with Gasteiger partial charge < -0.3 is 9.31 Å². The third-order valence-corrected chi connectivity index (χ3v) is 10.5. The molecule has 29 heavy (non-hydrogen) atoms. The van der Waals surface area contributed by atoms with Crippen LogP contribution in [0.15, 0.2) is 87.5 Å². The van der Waals surface area contributed by atoms with Crippen molar-refractivity contribution in [2.45, 2.75) is 53.6 Å². The fourth-order valence-electron chi connectivity index (χ4n) is 4.47. The molecule has 0 spiro atoms. The molecule has 4 heteroatoms. The van der Waals surface area contributed by atoms with Crippen LogP contribution >= 0.6 is 10.0 Å². The van der Waals surface area contributed by atoms with Gasteiger partial charge in [-0.05, 0) is 73.6 Å². The maximum Gasteiger partial charge on any atom is 0.495 e. The maximum atomic E-state index is 6.49. The van der Waals surface area contributed by atoms with Gasteiger partial charge in [-0.1, -0.05) is 54.6 Å². The number of benzene rings is 3. The lowest BCUT2D eigenvalue weighted by Gasteiger charge is -2.36. The molecule has 148 valence electrons. The smallest absolute Gasteiger partial charge is 0.399 e. The fourth-order valence-corrected chi connectivity index (χ4v) is 8.10. The molecular formula is C25H27BO2S. The van der Waals surface area contributed by atoms with Gasteiger partial charge >= 0.3 is 7.12 Å². The van der Waals surface area contributed by atoms with Gasteiger partial charge in [-0.15, -0.1) is 0 Å². The van der Waals surface area contributed by atoms with E-state index in [1.807, 2.05) is 0 Å². The summed E-state index contributed by atoms with van der Waals surface area (Å²) in [5.74, 6) is 0. The minimum atomic E-state index is -1.40. The molecule has 1 atom stereocenters. The van der Waals surface area contributed by atoms with E-state index in [4.69, 9.17) is 9.31 Å². The van der Waals surface area contributed by atoms with Crippen LogP contribution in [0.4, 0.5) is 0 Å². The molecule has 0 saturated carbocycles. The zero-order valence-electron chi connectivity index (χ0n) is 17.7. The first kappa shape index (κ1) is 19.0. The van der Waals surface area contributed by atoms with Crippen molar-refractivity contribution in [2.75, 3.05) is 6.26 Å². The molecule has 0 aromatic heterocycles. The third kappa shape index (κ3) is 2.59. The van der Waals surface area contributed by atoms with Gasteiger partial charge in [-0.25, -0.2) is 0 Å². The van der Waals surface area contributed by atoms with Gasteiger partial charge in [0.25, 0.3) is 0 Å². The molecule has 0 bridgehead atoms. The van der Waals surface area contributed by atoms with Gasteiger partial charge in [0.1, 0.15) is 0 Å². The van der Waals surface area contributed by atoms with Crippen LogP contribution in [0.5, 0.6) is 0 Å². The van der Waals surface area contributed by atoms with Crippen molar-refractivity contribution in [1.82, 2.24) is 0 Å². The molecule has 2 aliphatic heterocycles. The van der Waals surface area contributed by atoms with Crippen LogP contribution in [0.1, 0.15) is 27.7 Å². The van der Waals surface area contributed by atoms with E-state index in [2.05, 4.69) is 107 Å². The summed E-state index contributed by atoms with van der Waals surface area (Å²) in [4.78, 5) is 4.17. The molecule has 3 aromatic rings. The van der Waals surface area contributed by atoms with Crippen LogP contribution in [0.2, 0.25) is 0 Å². The molecule has 2 nitrogen and oxygen atoms in total. The normalized spacial score (nSPS) is 25.9. The predicted octanol–water partition coefficient (Wildman–Crippen LogP) is 5.88. The Labute approximate surface area is 175 Å². The summed E-state index contributed by atoms with van der Waals surface area (Å²) in [7, 11) is -1.76. The van der Waals surface area contributed by atoms with Crippen molar-refractivity contribution in [3.8, 4) is 11.1 Å². The van der Waals surface area contributed by atoms with Crippen LogP contribution in [-0.4, -0.2) is 24.6 Å². The van der Waals surface area contributed by atoms with Gasteiger partial charge in [-0.2, -0.15) is 10.0 Å². The van der Waals surface area contributed by atoms with Crippen LogP contribution in [0.3, 0.4) is 0 Å². The van der Waals surface area contributed by atoms with E-state index >= 15 is 0 Å². The standard InChI is InChI=1S/C25H27BO2S/c1-24(2)25(3,4)28-26(27-24)21-16-11-15-20-19-14-9-10-17-22(19)29(5,23(20)21)18-12-7-6-8-13-18/h6-17H,1-5H3. The second kappa shape index (κ2) is 6.25. The summed E-state index contributed by atoms with van der Waals surface area (Å²) in [5, 5.41) is 0. The monoisotopic (exact) mass is 402 g/mol. The molecule has 1 fully saturated rings. The first-order chi connectivity index (χ1) is 13.8. The largest absolute Gasteiger partial charge is 0.495 e. The Kier molecular flexibility index (Phi) is 4.09. The summed E-state index contributed by atoms with van der Waals surface area (Å²) in [6.07, 6.45) is 2.42. The summed E-state index contributed by atoms with van der Waals surface area (Å²) in [6.45, 7) is 8.48. The summed E-state index contributed by atoms with van der Waals surface area (Å²) >= 11 is 0. The van der Waals surface area contributed by atoms with Crippen molar-refractivity contribution in [1.29, 1.82) is 0 Å². The Bertz CT molecular complexity index is 1080. The first-order valence-electron chi connectivity index (χ1n) is 10.2. The molecule has 2 aliphatic rings. The van der Waals surface area contributed by atoms with E-state index < -0.39 is 10.0 Å². The Balaban J connectivity index is 1.77. The summed E-state index contributed by atoms with van der Waals surface area (Å²) in [6, 6.07) is 26.4. The molecule has 0 radical (unpaired) electrons. The second-order valence-corrected chi connectivity index (χ2v) is 12.2. The summed E-state index contributed by atoms with van der Waals surface area (Å²) < 4.78 is 13.0. The van der Waals surface area contributed by atoms with E-state index in [1.165, 1.54) is 31.3 Å². The van der Waals surface area contributed by atoms with Crippen LogP contribution in [0, 0.1) is 0 Å². The lowest BCUT2D eigenvalue weighted by atomic mass is 9.78. The maximum absolute atomic E-state index is 6.49. The van der Waals surface area contributed by atoms with Gasteiger partial charge in [-0.3, -0.25) is 0 Å². The van der Waals surface area contributed by atoms with Crippen molar-refractivity contribution in [2.24, 2.45) is 0 Å². The SMILES string of the molecule is CC1(C)OB(c2cccc3c2S(C)(c2ccccc2)c2ccccc2-3)OC1(C)C. The average molecular weight is 402 g/mol. The Morgan fingerprint density at radius 1 is 0.690 bits per heavy atom. The molecule has 3 aromatic carbocycles. The molecular weight excluding hydrogens is 375 g/mol. The topological polar surface area (TPSA) is 18.5 Å². The van der Waals surface area contributed by atoms with Crippen LogP contribution in [0.25, 0.3) is 11.1 Å². The van der Waals surface area contributed by atoms with Crippen molar-refractivity contribution in [3.05, 3.63) is 72.8 Å². The van der Waals surface area contributed by atoms with E-state index in [0.29, 0.717) is 0 Å². The molecule has 0 amide bonds. The second-order valence-electron chi connectivity index (χ2n) is 9.04. The lowest BCUT2D eigenvalue weighted by Crippen LogP contribution is -2.41. The predicted molar refractivity (Wildman–Crippen MR) is 122 cm³/mol. The van der Waals surface area contributed by atoms with Gasteiger partial charge in [0.05, 0.1) is 11.2 Å². The molecule has 5 rings (SSSR count). The van der Waals surface area contributed by atoms with Crippen molar-refractivity contribution >= 4 is 22.6 Å². The average Bonchev–Trinajstić information content (AvgIpc) is 3.11. The number of hydrogen-bond donors (Lipinski definition) is 0. The van der Waals surface area contributed by atoms with E-state index in [0.717, 1.165) is 0 Å². The number of fused-ring (bicyclic) bond motifs is 3. The lowest BCUT2D eigenvalue weighted by molar-refractivity contribution is 0.00578. The van der Waals surface area contributed by atoms with Gasteiger partial charge in [0.15, 0.2) is 0 Å². The van der Waals surface area contributed by atoms with Crippen LogP contribution in [-0.2, 0) is 9.31 Å². The Morgan fingerprint density at radius 2 is 1.28 bits per heavy atom. The quantitative estimate of drug-likeness (QED) is 0.499. The number of rotatable bonds is 2. The Hall–Kier alpha value is -2.01.